The summed E-state index contributed by atoms with van der Waals surface area (Å²) in [6, 6.07) is 5.41. The zero-order valence-corrected chi connectivity index (χ0v) is 18.4. The average molecular weight is 493 g/mol. The van der Waals surface area contributed by atoms with E-state index in [9.17, 15) is 23.6 Å². The number of rotatable bonds is 5. The maximum atomic E-state index is 14.0. The van der Waals surface area contributed by atoms with Crippen LogP contribution in [0.1, 0.15) is 23.0 Å². The van der Waals surface area contributed by atoms with Crippen molar-refractivity contribution in [3.63, 3.8) is 0 Å². The molecule has 9 nitrogen and oxygen atoms in total. The summed E-state index contributed by atoms with van der Waals surface area (Å²) in [6.07, 6.45) is 0. The standard InChI is InChI=1S/C20H18BrFN4O5/c1-4-31-19(29)12-7-10(2)23-17-16(12)18(28)26(20(30)25(17)3)9-15(27)24-14-6-5-11(21)8-13(14)22/h5-8H,4,9H2,1-3H3,(H,24,27). The summed E-state index contributed by atoms with van der Waals surface area (Å²) in [5.74, 6) is -2.23. The first kappa shape index (κ1) is 22.3. The lowest BCUT2D eigenvalue weighted by atomic mass is 10.1. The van der Waals surface area contributed by atoms with Crippen LogP contribution in [0.5, 0.6) is 0 Å². The van der Waals surface area contributed by atoms with Gasteiger partial charge in [0.15, 0.2) is 0 Å². The quantitative estimate of drug-likeness (QED) is 0.545. The van der Waals surface area contributed by atoms with Gasteiger partial charge in [-0.25, -0.2) is 19.0 Å². The Morgan fingerprint density at radius 1 is 1.26 bits per heavy atom. The number of nitrogens with one attached hydrogen (secondary N) is 1. The number of benzene rings is 1. The van der Waals surface area contributed by atoms with E-state index in [0.29, 0.717) is 14.7 Å². The van der Waals surface area contributed by atoms with E-state index in [1.807, 2.05) is 0 Å². The molecule has 162 valence electrons. The topological polar surface area (TPSA) is 112 Å². The van der Waals surface area contributed by atoms with Crippen LogP contribution in [-0.4, -0.2) is 32.6 Å². The minimum absolute atomic E-state index is 0.00587. The number of halogens is 2. The average Bonchev–Trinajstić information content (AvgIpc) is 2.71. The molecule has 1 aromatic carbocycles. The number of amides is 1. The van der Waals surface area contributed by atoms with Crippen molar-refractivity contribution in [3.05, 3.63) is 66.7 Å². The fourth-order valence-electron chi connectivity index (χ4n) is 3.04. The number of aryl methyl sites for hydroxylation is 2. The monoisotopic (exact) mass is 492 g/mol. The third kappa shape index (κ3) is 4.41. The maximum Gasteiger partial charge on any atom is 0.339 e. The van der Waals surface area contributed by atoms with Crippen molar-refractivity contribution < 1.29 is 18.7 Å². The minimum atomic E-state index is -0.875. The van der Waals surface area contributed by atoms with Crippen LogP contribution in [0.15, 0.2) is 38.3 Å². The highest BCUT2D eigenvalue weighted by Gasteiger charge is 2.22. The molecular weight excluding hydrogens is 475 g/mol. The molecule has 11 heteroatoms. The summed E-state index contributed by atoms with van der Waals surface area (Å²) >= 11 is 3.11. The Balaban J connectivity index is 2.10. The van der Waals surface area contributed by atoms with E-state index in [1.54, 1.807) is 13.8 Å². The Morgan fingerprint density at radius 3 is 2.61 bits per heavy atom. The fourth-order valence-corrected chi connectivity index (χ4v) is 3.37. The van der Waals surface area contributed by atoms with Crippen molar-refractivity contribution in [2.45, 2.75) is 20.4 Å². The van der Waals surface area contributed by atoms with Gasteiger partial charge in [0.2, 0.25) is 5.91 Å². The second-order valence-corrected chi connectivity index (χ2v) is 7.55. The zero-order valence-electron chi connectivity index (χ0n) is 16.9. The number of nitrogens with zero attached hydrogens (tertiary/aromatic N) is 3. The van der Waals surface area contributed by atoms with Crippen LogP contribution in [0.25, 0.3) is 11.0 Å². The summed E-state index contributed by atoms with van der Waals surface area (Å²) in [6.45, 7) is 2.63. The van der Waals surface area contributed by atoms with Crippen LogP contribution in [0.2, 0.25) is 0 Å². The van der Waals surface area contributed by atoms with Crippen LogP contribution in [0.3, 0.4) is 0 Å². The van der Waals surface area contributed by atoms with Gasteiger partial charge in [0.05, 0.1) is 23.2 Å². The molecule has 0 aliphatic rings. The van der Waals surface area contributed by atoms with Crippen molar-refractivity contribution in [2.24, 2.45) is 7.05 Å². The van der Waals surface area contributed by atoms with Gasteiger partial charge in [-0.2, -0.15) is 0 Å². The molecule has 0 saturated heterocycles. The molecule has 2 heterocycles. The molecule has 0 aliphatic heterocycles. The van der Waals surface area contributed by atoms with E-state index >= 15 is 0 Å². The lowest BCUT2D eigenvalue weighted by molar-refractivity contribution is -0.116. The summed E-state index contributed by atoms with van der Waals surface area (Å²) in [5.41, 5.74) is -1.45. The molecule has 2 aromatic heterocycles. The van der Waals surface area contributed by atoms with Gasteiger partial charge >= 0.3 is 11.7 Å². The number of hydrogen-bond donors (Lipinski definition) is 1. The first-order valence-electron chi connectivity index (χ1n) is 9.17. The number of esters is 1. The zero-order chi connectivity index (χ0) is 22.9. The van der Waals surface area contributed by atoms with Crippen LogP contribution < -0.4 is 16.6 Å². The van der Waals surface area contributed by atoms with E-state index in [1.165, 1.54) is 25.2 Å². The summed E-state index contributed by atoms with van der Waals surface area (Å²) in [7, 11) is 1.37. The number of hydrogen-bond acceptors (Lipinski definition) is 6. The smallest absolute Gasteiger partial charge is 0.339 e. The van der Waals surface area contributed by atoms with Gasteiger partial charge < -0.3 is 10.1 Å². The predicted molar refractivity (Wildman–Crippen MR) is 115 cm³/mol. The van der Waals surface area contributed by atoms with Gasteiger partial charge in [-0.1, -0.05) is 15.9 Å². The highest BCUT2D eigenvalue weighted by Crippen LogP contribution is 2.19. The van der Waals surface area contributed by atoms with E-state index in [4.69, 9.17) is 4.74 Å². The van der Waals surface area contributed by atoms with Gasteiger partial charge in [-0.05, 0) is 38.1 Å². The Labute approximate surface area is 183 Å². The molecule has 1 amide bonds. The third-order valence-electron chi connectivity index (χ3n) is 4.43. The molecule has 0 radical (unpaired) electrons. The highest BCUT2D eigenvalue weighted by atomic mass is 79.9. The van der Waals surface area contributed by atoms with Crippen LogP contribution >= 0.6 is 15.9 Å². The molecule has 0 saturated carbocycles. The molecule has 0 spiro atoms. The molecule has 0 bridgehead atoms. The van der Waals surface area contributed by atoms with Crippen LogP contribution in [-0.2, 0) is 23.1 Å². The summed E-state index contributed by atoms with van der Waals surface area (Å²) in [4.78, 5) is 54.8. The lowest BCUT2D eigenvalue weighted by Gasteiger charge is -2.13. The summed E-state index contributed by atoms with van der Waals surface area (Å²) < 4.78 is 21.2. The second-order valence-electron chi connectivity index (χ2n) is 6.64. The van der Waals surface area contributed by atoms with E-state index in [2.05, 4.69) is 26.2 Å². The van der Waals surface area contributed by atoms with Crippen molar-refractivity contribution in [2.75, 3.05) is 11.9 Å². The first-order chi connectivity index (χ1) is 14.6. The van der Waals surface area contributed by atoms with E-state index in [-0.39, 0.29) is 28.9 Å². The molecule has 0 fully saturated rings. The van der Waals surface area contributed by atoms with Crippen LogP contribution in [0.4, 0.5) is 10.1 Å². The molecule has 1 N–H and O–H groups in total. The number of pyridine rings is 1. The van der Waals surface area contributed by atoms with E-state index in [0.717, 1.165) is 10.6 Å². The Morgan fingerprint density at radius 2 is 1.97 bits per heavy atom. The molecule has 3 aromatic rings. The number of carbonyl (C=O) groups excluding carboxylic acids is 2. The third-order valence-corrected chi connectivity index (χ3v) is 4.92. The van der Waals surface area contributed by atoms with Crippen molar-refractivity contribution in [3.8, 4) is 0 Å². The predicted octanol–water partition coefficient (Wildman–Crippen LogP) is 2.12. The second kappa shape index (κ2) is 8.80. The van der Waals surface area contributed by atoms with Gasteiger partial charge in [0.1, 0.15) is 18.0 Å². The number of carbonyl (C=O) groups is 2. The molecule has 0 aliphatic carbocycles. The molecule has 0 unspecified atom stereocenters. The molecule has 31 heavy (non-hydrogen) atoms. The normalized spacial score (nSPS) is 10.9. The van der Waals surface area contributed by atoms with Crippen molar-refractivity contribution >= 4 is 44.5 Å². The Kier molecular flexibility index (Phi) is 6.34. The Bertz CT molecular complexity index is 1330. The van der Waals surface area contributed by atoms with Gasteiger partial charge in [0, 0.05) is 17.2 Å². The minimum Gasteiger partial charge on any atom is -0.462 e. The largest absolute Gasteiger partial charge is 0.462 e. The lowest BCUT2D eigenvalue weighted by Crippen LogP contribution is -2.42. The van der Waals surface area contributed by atoms with E-state index < -0.39 is 35.5 Å². The van der Waals surface area contributed by atoms with Gasteiger partial charge in [0.25, 0.3) is 5.56 Å². The van der Waals surface area contributed by atoms with Crippen molar-refractivity contribution in [1.82, 2.24) is 14.1 Å². The molecule has 3 rings (SSSR count). The van der Waals surface area contributed by atoms with Crippen LogP contribution in [0, 0.1) is 12.7 Å². The summed E-state index contributed by atoms with van der Waals surface area (Å²) in [5, 5.41) is 2.18. The SMILES string of the molecule is CCOC(=O)c1cc(C)nc2c1c(=O)n(CC(=O)Nc1ccc(Br)cc1F)c(=O)n2C. The fraction of sp³-hybridized carbons (Fsp3) is 0.250. The maximum absolute atomic E-state index is 14.0. The number of anilines is 1. The first-order valence-corrected chi connectivity index (χ1v) is 9.96. The van der Waals surface area contributed by atoms with Crippen molar-refractivity contribution in [1.29, 1.82) is 0 Å². The number of aromatic nitrogens is 3. The van der Waals surface area contributed by atoms with Gasteiger partial charge in [-0.15, -0.1) is 0 Å². The molecule has 0 atom stereocenters. The number of fused-ring (bicyclic) bond motifs is 1. The number of ether oxygens (including phenoxy) is 1. The van der Waals surface area contributed by atoms with Gasteiger partial charge in [-0.3, -0.25) is 18.7 Å². The Hall–Kier alpha value is -3.34. The molecular formula is C20H18BrFN4O5. The highest BCUT2D eigenvalue weighted by molar-refractivity contribution is 9.10.